The van der Waals surface area contributed by atoms with E-state index in [0.717, 1.165) is 31.6 Å². The molecule has 0 radical (unpaired) electrons. The first kappa shape index (κ1) is 23.3. The van der Waals surface area contributed by atoms with Crippen LogP contribution in [0.5, 0.6) is 5.75 Å². The van der Waals surface area contributed by atoms with Crippen LogP contribution in [-0.4, -0.2) is 39.1 Å². The van der Waals surface area contributed by atoms with E-state index in [9.17, 15) is 13.2 Å². The number of rotatable bonds is 8. The second kappa shape index (κ2) is 9.68. The molecule has 1 atom stereocenters. The summed E-state index contributed by atoms with van der Waals surface area (Å²) >= 11 is 0.373. The van der Waals surface area contributed by atoms with Crippen LogP contribution in [0.25, 0.3) is 0 Å². The van der Waals surface area contributed by atoms with E-state index in [1.807, 2.05) is 0 Å². The fourth-order valence-corrected chi connectivity index (χ4v) is 6.81. The largest absolute Gasteiger partial charge is 0.494 e. The summed E-state index contributed by atoms with van der Waals surface area (Å²) in [5, 5.41) is 0. The summed E-state index contributed by atoms with van der Waals surface area (Å²) in [5.74, 6) is 1.10. The molecule has 2 nitrogen and oxygen atoms in total. The van der Waals surface area contributed by atoms with Crippen molar-refractivity contribution >= 4 is 24.2 Å². The summed E-state index contributed by atoms with van der Waals surface area (Å²) in [6.07, 6.45) is 2.95. The average molecular weight is 569 g/mol. The maximum Gasteiger partial charge on any atom is 0.416 e. The van der Waals surface area contributed by atoms with Gasteiger partial charge in [-0.05, 0) is 83.5 Å². The molecule has 0 amide bonds. The monoisotopic (exact) mass is 569 g/mol. The standard InChI is InChI=1S/C27H31F3INO/c28-27(29,30)23-8-10-24(11-9-23)33-16-12-20-3-1-15-32(18-20)19-26(13-2-14-26)22-6-4-21(5-7-22)25-17-31-25/h4-11,20H,1-3,12-19H2. The van der Waals surface area contributed by atoms with E-state index in [1.54, 1.807) is 3.51 Å². The van der Waals surface area contributed by atoms with Gasteiger partial charge in [0.25, 0.3) is 0 Å². The molecule has 178 valence electrons. The van der Waals surface area contributed by atoms with Crippen LogP contribution in [0.1, 0.15) is 55.2 Å². The highest BCUT2D eigenvalue weighted by molar-refractivity contribution is 14.2. The summed E-state index contributed by atoms with van der Waals surface area (Å²) in [4.78, 5) is 2.65. The van der Waals surface area contributed by atoms with Crippen molar-refractivity contribution in [2.45, 2.75) is 50.1 Å². The van der Waals surface area contributed by atoms with E-state index in [4.69, 9.17) is 4.74 Å². The fourth-order valence-electron chi connectivity index (χ4n) is 5.38. The summed E-state index contributed by atoms with van der Waals surface area (Å²) in [5.41, 5.74) is 2.68. The van der Waals surface area contributed by atoms with Crippen LogP contribution in [0.2, 0.25) is 0 Å². The van der Waals surface area contributed by atoms with Gasteiger partial charge in [0.05, 0.1) is 12.2 Å². The molecule has 2 aromatic carbocycles. The molecule has 6 heteroatoms. The molecule has 2 heterocycles. The number of piperidine rings is 1. The Morgan fingerprint density at radius 3 is 2.33 bits per heavy atom. The molecule has 2 aromatic rings. The van der Waals surface area contributed by atoms with Gasteiger partial charge in [0.15, 0.2) is 0 Å². The van der Waals surface area contributed by atoms with Crippen LogP contribution < -0.4 is 4.74 Å². The van der Waals surface area contributed by atoms with E-state index in [-0.39, 0.29) is 0 Å². The Kier molecular flexibility index (Phi) is 6.85. The number of nitrogens with zero attached hydrogens (tertiary/aromatic N) is 1. The lowest BCUT2D eigenvalue weighted by Crippen LogP contribution is -2.48. The van der Waals surface area contributed by atoms with Gasteiger partial charge < -0.3 is 9.64 Å². The molecule has 1 aliphatic carbocycles. The number of alkyl halides is 4. The van der Waals surface area contributed by atoms with Gasteiger partial charge in [0.2, 0.25) is 0 Å². The Balaban J connectivity index is 1.12. The lowest BCUT2D eigenvalue weighted by atomic mass is 9.64. The quantitative estimate of drug-likeness (QED) is 0.256. The lowest BCUT2D eigenvalue weighted by molar-refractivity contribution is -0.137. The van der Waals surface area contributed by atoms with Crippen LogP contribution in [0.4, 0.5) is 13.2 Å². The molecular weight excluding hydrogens is 538 g/mol. The zero-order valence-electron chi connectivity index (χ0n) is 18.8. The van der Waals surface area contributed by atoms with Gasteiger partial charge in [-0.3, -0.25) is 0 Å². The van der Waals surface area contributed by atoms with Gasteiger partial charge >= 0.3 is 6.18 Å². The van der Waals surface area contributed by atoms with Gasteiger partial charge in [-0.1, -0.05) is 30.7 Å². The zero-order chi connectivity index (χ0) is 22.9. The second-order valence-corrected chi connectivity index (χ2v) is 12.6. The third-order valence-electron chi connectivity index (χ3n) is 7.49. The van der Waals surface area contributed by atoms with Crippen LogP contribution in [0, 0.1) is 5.92 Å². The number of hydrogen-bond donors (Lipinski definition) is 0. The van der Waals surface area contributed by atoms with Crippen LogP contribution in [0.15, 0.2) is 48.5 Å². The Hall–Kier alpha value is -1.41. The first-order valence-electron chi connectivity index (χ1n) is 12.0. The SMILES string of the molecule is FC(F)(F)c1ccc(OCCC2CCCN(CC3(c4ccc(C5=IC5)cc4)CCC3)C2)cc1. The first-order chi connectivity index (χ1) is 15.9. The normalized spacial score (nSPS) is 22.6. The molecule has 2 aliphatic heterocycles. The van der Waals surface area contributed by atoms with Gasteiger partial charge in [-0.15, -0.1) is 20.7 Å². The molecule has 0 bridgehead atoms. The third kappa shape index (κ3) is 5.64. The van der Waals surface area contributed by atoms with Crippen molar-refractivity contribution in [2.24, 2.45) is 5.92 Å². The number of hydrogen-bond acceptors (Lipinski definition) is 2. The number of ether oxygens (including phenoxy) is 1. The van der Waals surface area contributed by atoms with Crippen LogP contribution in [0.3, 0.4) is 0 Å². The zero-order valence-corrected chi connectivity index (χ0v) is 21.0. The molecule has 0 spiro atoms. The van der Waals surface area contributed by atoms with Crippen molar-refractivity contribution in [3.8, 4) is 5.75 Å². The number of likely N-dealkylation sites (tertiary alicyclic amines) is 1. The molecule has 5 rings (SSSR count). The van der Waals surface area contributed by atoms with Crippen molar-refractivity contribution in [1.82, 2.24) is 4.90 Å². The van der Waals surface area contributed by atoms with E-state index in [1.165, 1.54) is 66.3 Å². The average Bonchev–Trinajstić information content (AvgIpc) is 3.62. The minimum absolute atomic E-state index is 0.320. The fraction of sp³-hybridized carbons (Fsp3) is 0.519. The highest BCUT2D eigenvalue weighted by atomic mass is 127. The summed E-state index contributed by atoms with van der Waals surface area (Å²) < 4.78 is 47.0. The molecule has 3 aliphatic rings. The molecular formula is C27H31F3INO. The Bertz CT molecular complexity index is 980. The van der Waals surface area contributed by atoms with Crippen molar-refractivity contribution in [2.75, 3.05) is 30.7 Å². The van der Waals surface area contributed by atoms with Crippen molar-refractivity contribution in [3.05, 3.63) is 65.2 Å². The maximum atomic E-state index is 12.7. The van der Waals surface area contributed by atoms with Gasteiger partial charge in [0.1, 0.15) is 5.75 Å². The summed E-state index contributed by atoms with van der Waals surface area (Å²) in [6, 6.07) is 14.5. The topological polar surface area (TPSA) is 12.5 Å². The molecule has 33 heavy (non-hydrogen) atoms. The number of halogens is 4. The van der Waals surface area contributed by atoms with Crippen LogP contribution in [-0.2, 0) is 11.6 Å². The van der Waals surface area contributed by atoms with Crippen molar-refractivity contribution < 1.29 is 17.9 Å². The maximum absolute atomic E-state index is 12.7. The molecule has 1 unspecified atom stereocenters. The second-order valence-electron chi connectivity index (χ2n) is 9.79. The third-order valence-corrected chi connectivity index (χ3v) is 9.64. The predicted molar refractivity (Wildman–Crippen MR) is 136 cm³/mol. The molecule has 1 saturated heterocycles. The van der Waals surface area contributed by atoms with E-state index >= 15 is 0 Å². The van der Waals surface area contributed by atoms with E-state index in [0.29, 0.717) is 44.4 Å². The highest BCUT2D eigenvalue weighted by Crippen LogP contribution is 2.45. The first-order valence-corrected chi connectivity index (χ1v) is 14.6. The Labute approximate surface area is 204 Å². The predicted octanol–water partition coefficient (Wildman–Crippen LogP) is 6.81. The van der Waals surface area contributed by atoms with Crippen molar-refractivity contribution in [1.29, 1.82) is 0 Å². The van der Waals surface area contributed by atoms with Gasteiger partial charge in [-0.25, -0.2) is 0 Å². The minimum Gasteiger partial charge on any atom is -0.494 e. The van der Waals surface area contributed by atoms with Crippen molar-refractivity contribution in [3.63, 3.8) is 0 Å². The van der Waals surface area contributed by atoms with E-state index in [2.05, 4.69) is 29.2 Å². The Morgan fingerprint density at radius 1 is 1.00 bits per heavy atom. The van der Waals surface area contributed by atoms with Gasteiger partial charge in [0, 0.05) is 22.9 Å². The number of benzene rings is 2. The van der Waals surface area contributed by atoms with Crippen LogP contribution >= 0.6 is 20.7 Å². The van der Waals surface area contributed by atoms with E-state index < -0.39 is 11.7 Å². The molecule has 0 N–H and O–H groups in total. The molecule has 2 fully saturated rings. The highest BCUT2D eigenvalue weighted by Gasteiger charge is 2.40. The lowest BCUT2D eigenvalue weighted by Gasteiger charge is -2.47. The Morgan fingerprint density at radius 2 is 1.73 bits per heavy atom. The molecule has 0 aromatic heterocycles. The smallest absolute Gasteiger partial charge is 0.416 e. The van der Waals surface area contributed by atoms with Gasteiger partial charge in [-0.2, -0.15) is 13.2 Å². The summed E-state index contributed by atoms with van der Waals surface area (Å²) in [6.45, 7) is 3.96. The summed E-state index contributed by atoms with van der Waals surface area (Å²) in [7, 11) is 0. The minimum atomic E-state index is -4.30. The molecule has 1 saturated carbocycles.